The number of carbonyl (C=O) groups is 4. The predicted octanol–water partition coefficient (Wildman–Crippen LogP) is 5.27. The second-order valence-corrected chi connectivity index (χ2v) is 17.1. The number of aliphatic hydroxyl groups excluding tert-OH is 1. The predicted molar refractivity (Wildman–Crippen MR) is 226 cm³/mol. The molecule has 4 aliphatic rings. The Kier molecular flexibility index (Phi) is 15.7. The SMILES string of the molecule is CCN(C)C[C@@H](CNC)CNC1=C2NC(=O)/C(C)=C\C=C\[C@H](C)C[C@@H](C)[C@@H](O)[C@@H](C)[C@H](OC(C)=O)[C@H](C)CCC[C@@]3(C)Oc4c(C)c(O)c(c(c4C3=O)/C1=N/C)C2=O. The summed E-state index contributed by atoms with van der Waals surface area (Å²) in [7, 11) is 5.46. The summed E-state index contributed by atoms with van der Waals surface area (Å²) in [5, 5.41) is 32.8. The number of aliphatic hydroxyl groups is 1. The van der Waals surface area contributed by atoms with Crippen molar-refractivity contribution in [1.29, 1.82) is 0 Å². The number of benzene rings is 1. The largest absolute Gasteiger partial charge is 0.507 e. The molecule has 5 rings (SSSR count). The fourth-order valence-electron chi connectivity index (χ4n) is 8.70. The normalized spacial score (nSPS) is 29.9. The minimum Gasteiger partial charge on any atom is -0.507 e. The van der Waals surface area contributed by atoms with E-state index in [0.29, 0.717) is 44.3 Å². The van der Waals surface area contributed by atoms with Crippen LogP contribution in [0.4, 0.5) is 0 Å². The molecule has 0 saturated carbocycles. The van der Waals surface area contributed by atoms with Gasteiger partial charge in [0, 0.05) is 62.1 Å². The van der Waals surface area contributed by atoms with Gasteiger partial charge in [-0.3, -0.25) is 24.2 Å². The number of carbonyl (C=O) groups excluding carboxylic acids is 4. The number of nitrogens with one attached hydrogen (secondary N) is 3. The van der Waals surface area contributed by atoms with Crippen molar-refractivity contribution < 1.29 is 38.9 Å². The molecular formula is C45H67N5O8. The molecule has 58 heavy (non-hydrogen) atoms. The molecule has 0 saturated heterocycles. The third-order valence-corrected chi connectivity index (χ3v) is 12.2. The summed E-state index contributed by atoms with van der Waals surface area (Å²) in [6.07, 6.45) is 6.12. The summed E-state index contributed by atoms with van der Waals surface area (Å²) in [4.78, 5) is 62.5. The Balaban J connectivity index is 1.90. The van der Waals surface area contributed by atoms with Crippen LogP contribution >= 0.6 is 0 Å². The lowest BCUT2D eigenvalue weighted by Gasteiger charge is -2.35. The number of amides is 1. The monoisotopic (exact) mass is 805 g/mol. The zero-order valence-corrected chi connectivity index (χ0v) is 36.7. The molecule has 0 spiro atoms. The third-order valence-electron chi connectivity index (χ3n) is 12.2. The molecule has 3 aliphatic heterocycles. The van der Waals surface area contributed by atoms with Crippen molar-refractivity contribution in [1.82, 2.24) is 20.9 Å². The molecule has 5 N–H and O–H groups in total. The topological polar surface area (TPSA) is 179 Å². The Labute approximate surface area is 344 Å². The van der Waals surface area contributed by atoms with E-state index in [4.69, 9.17) is 9.47 Å². The van der Waals surface area contributed by atoms with E-state index in [-0.39, 0.29) is 86.2 Å². The molecule has 1 aliphatic carbocycles. The smallest absolute Gasteiger partial charge is 0.302 e. The van der Waals surface area contributed by atoms with Crippen LogP contribution in [0.5, 0.6) is 11.5 Å². The lowest BCUT2D eigenvalue weighted by atomic mass is 9.78. The van der Waals surface area contributed by atoms with Gasteiger partial charge in [0.2, 0.25) is 11.6 Å². The number of hydrogen-bond donors (Lipinski definition) is 5. The van der Waals surface area contributed by atoms with E-state index < -0.39 is 35.5 Å². The quantitative estimate of drug-likeness (QED) is 0.206. The maximum Gasteiger partial charge on any atom is 0.302 e. The minimum atomic E-state index is -1.35. The molecular weight excluding hydrogens is 739 g/mol. The Morgan fingerprint density at radius 2 is 1.81 bits per heavy atom. The number of ketones is 2. The highest BCUT2D eigenvalue weighted by Gasteiger charge is 2.50. The van der Waals surface area contributed by atoms with Gasteiger partial charge in [0.15, 0.2) is 5.60 Å². The molecule has 0 fully saturated rings. The van der Waals surface area contributed by atoms with Gasteiger partial charge in [-0.25, -0.2) is 0 Å². The molecule has 320 valence electrons. The van der Waals surface area contributed by atoms with Crippen LogP contribution in [0.25, 0.3) is 0 Å². The van der Waals surface area contributed by atoms with E-state index in [1.54, 1.807) is 40.0 Å². The summed E-state index contributed by atoms with van der Waals surface area (Å²) in [6, 6.07) is 0. The minimum absolute atomic E-state index is 0.0387. The zero-order valence-electron chi connectivity index (χ0n) is 36.7. The first-order valence-corrected chi connectivity index (χ1v) is 20.8. The number of rotatable bonds is 9. The Bertz CT molecular complexity index is 1870. The van der Waals surface area contributed by atoms with Crippen LogP contribution in [0.3, 0.4) is 0 Å². The highest BCUT2D eigenvalue weighted by molar-refractivity contribution is 6.34. The first kappa shape index (κ1) is 46.4. The molecule has 0 aromatic heterocycles. The van der Waals surface area contributed by atoms with Gasteiger partial charge < -0.3 is 40.5 Å². The lowest BCUT2D eigenvalue weighted by molar-refractivity contribution is -0.156. The highest BCUT2D eigenvalue weighted by atomic mass is 16.5. The number of fused-ring (bicyclic) bond motifs is 14. The number of esters is 1. The number of ether oxygens (including phenoxy) is 2. The van der Waals surface area contributed by atoms with Crippen LogP contribution in [0.1, 0.15) is 113 Å². The first-order valence-electron chi connectivity index (χ1n) is 20.8. The van der Waals surface area contributed by atoms with Gasteiger partial charge in [0.1, 0.15) is 23.3 Å². The lowest BCUT2D eigenvalue weighted by Crippen LogP contribution is -2.43. The molecule has 13 heteroatoms. The van der Waals surface area contributed by atoms with Crippen molar-refractivity contribution in [2.45, 2.75) is 106 Å². The number of aliphatic imine (C=N–C) groups is 1. The van der Waals surface area contributed by atoms with Gasteiger partial charge in [0.05, 0.1) is 28.6 Å². The molecule has 1 aromatic rings. The van der Waals surface area contributed by atoms with Crippen molar-refractivity contribution in [3.8, 4) is 11.5 Å². The van der Waals surface area contributed by atoms with Gasteiger partial charge in [-0.05, 0) is 84.8 Å². The number of aromatic hydroxyl groups is 1. The average Bonchev–Trinajstić information content (AvgIpc) is 3.43. The summed E-state index contributed by atoms with van der Waals surface area (Å²) >= 11 is 0. The van der Waals surface area contributed by atoms with E-state index in [2.05, 4.69) is 32.8 Å². The summed E-state index contributed by atoms with van der Waals surface area (Å²) in [5.41, 5.74) is -0.155. The molecule has 1 aromatic carbocycles. The van der Waals surface area contributed by atoms with Crippen LogP contribution < -0.4 is 20.7 Å². The maximum atomic E-state index is 14.7. The number of hydrogen-bond acceptors (Lipinski definition) is 12. The summed E-state index contributed by atoms with van der Waals surface area (Å²) in [6.45, 7) is 19.0. The second kappa shape index (κ2) is 19.6. The Morgan fingerprint density at radius 3 is 2.43 bits per heavy atom. The molecule has 1 amide bonds. The number of phenols is 1. The van der Waals surface area contributed by atoms with Gasteiger partial charge >= 0.3 is 5.97 Å². The van der Waals surface area contributed by atoms with Crippen molar-refractivity contribution >= 4 is 29.2 Å². The van der Waals surface area contributed by atoms with E-state index in [1.165, 1.54) is 6.92 Å². The average molecular weight is 806 g/mol. The van der Waals surface area contributed by atoms with Crippen molar-refractivity contribution in [2.24, 2.45) is 34.6 Å². The molecule has 13 nitrogen and oxygen atoms in total. The first-order chi connectivity index (χ1) is 27.3. The van der Waals surface area contributed by atoms with Gasteiger partial charge in [-0.1, -0.05) is 52.8 Å². The van der Waals surface area contributed by atoms with Gasteiger partial charge in [0.25, 0.3) is 5.91 Å². The Hall–Kier alpha value is -4.33. The van der Waals surface area contributed by atoms with Crippen molar-refractivity contribution in [2.75, 3.05) is 47.3 Å². The number of phenolic OH excluding ortho intramolecular Hbond substituents is 1. The molecule has 3 heterocycles. The molecule has 0 radical (unpaired) electrons. The molecule has 8 atom stereocenters. The van der Waals surface area contributed by atoms with E-state index in [1.807, 2.05) is 47.9 Å². The van der Waals surface area contributed by atoms with Crippen LogP contribution in [-0.4, -0.2) is 109 Å². The van der Waals surface area contributed by atoms with E-state index in [9.17, 15) is 29.4 Å². The Morgan fingerprint density at radius 1 is 1.12 bits per heavy atom. The number of nitrogens with zero attached hydrogens (tertiary/aromatic N) is 2. The van der Waals surface area contributed by atoms with Crippen LogP contribution in [0.15, 0.2) is 40.2 Å². The highest BCUT2D eigenvalue weighted by Crippen LogP contribution is 2.49. The third kappa shape index (κ3) is 9.92. The van der Waals surface area contributed by atoms with E-state index >= 15 is 0 Å². The van der Waals surface area contributed by atoms with Crippen molar-refractivity contribution in [3.05, 3.63) is 57.4 Å². The fourth-order valence-corrected chi connectivity index (χ4v) is 8.70. The zero-order chi connectivity index (χ0) is 43.2. The standard InChI is InChI=1S/C45H67N5O8/c1-13-50(12)23-31(21-46-10)22-48-36-35(47-11)32-33-39(53)29(7)42-34(32)43(55)45(9,58-42)19-15-18-25(3)41(57-30(8)51)28(6)38(52)27(5)20-24(2)16-14-17-26(4)44(56)49-37(36)40(33)54/h14,16-17,24-25,27-28,31,38,41,46,48,52-53H,13,15,18-23H2,1-12H3,(H,49,56)/b16-14+,26-17-,47-35-/t24-,25+,27+,28+,31-,38+,41+,45+/m0/s1. The summed E-state index contributed by atoms with van der Waals surface area (Å²) < 4.78 is 12.4. The molecule has 5 bridgehead atoms. The fraction of sp³-hybridized carbons (Fsp3) is 0.622. The van der Waals surface area contributed by atoms with Gasteiger partial charge in [-0.2, -0.15) is 0 Å². The van der Waals surface area contributed by atoms with Crippen molar-refractivity contribution in [3.63, 3.8) is 0 Å². The summed E-state index contributed by atoms with van der Waals surface area (Å²) in [5.74, 6) is -2.65. The van der Waals surface area contributed by atoms with Gasteiger partial charge in [-0.15, -0.1) is 0 Å². The maximum absolute atomic E-state index is 14.7. The van der Waals surface area contributed by atoms with E-state index in [0.717, 1.165) is 13.1 Å². The van der Waals surface area contributed by atoms with Crippen LogP contribution in [0, 0.1) is 36.5 Å². The number of Topliss-reactive ketones (excluding diaryl/α,β-unsaturated/α-hetero) is 2. The van der Waals surface area contributed by atoms with Crippen LogP contribution in [-0.2, 0) is 14.3 Å². The number of allylic oxidation sites excluding steroid dienone is 5. The second-order valence-electron chi connectivity index (χ2n) is 17.1. The van der Waals surface area contributed by atoms with Crippen LogP contribution in [0.2, 0.25) is 0 Å². The molecule has 0 unspecified atom stereocenters.